The van der Waals surface area contributed by atoms with Crippen LogP contribution in [0.1, 0.15) is 13.8 Å². The van der Waals surface area contributed by atoms with Gasteiger partial charge in [0.25, 0.3) is 10.3 Å². The van der Waals surface area contributed by atoms with Gasteiger partial charge in [-0.1, -0.05) is 0 Å². The van der Waals surface area contributed by atoms with E-state index in [9.17, 15) is 0 Å². The zero-order valence-corrected chi connectivity index (χ0v) is 10.9. The van der Waals surface area contributed by atoms with Gasteiger partial charge in [-0.3, -0.25) is 0 Å². The van der Waals surface area contributed by atoms with Crippen molar-refractivity contribution in [2.45, 2.75) is 13.8 Å². The normalized spacial score (nSPS) is 7.23. The maximum absolute atomic E-state index is 8.67. The average Bonchev–Trinajstić information content (AvgIpc) is 1.87. The molecule has 0 unspecified atom stereocenters. The van der Waals surface area contributed by atoms with E-state index in [4.69, 9.17) is 10.2 Å². The van der Waals surface area contributed by atoms with E-state index in [1.165, 1.54) is 0 Å². The molecule has 0 saturated carbocycles. The second-order valence-corrected chi connectivity index (χ2v) is 2.58. The Labute approximate surface area is 99.6 Å². The van der Waals surface area contributed by atoms with Gasteiger partial charge < -0.3 is 20.8 Å². The minimum Gasteiger partial charge on any atom is -0.487 e. The molecule has 0 aliphatic rings. The first-order chi connectivity index (χ1) is 5.45. The molecule has 0 aromatic rings. The molecule has 0 aromatic carbocycles. The van der Waals surface area contributed by atoms with Gasteiger partial charge in [0.1, 0.15) is 0 Å². The van der Waals surface area contributed by atoms with Gasteiger partial charge in [0, 0.05) is 30.2 Å². The molecule has 0 aliphatic carbocycles. The second-order valence-electron chi connectivity index (χ2n) is 1.79. The van der Waals surface area contributed by atoms with Crippen LogP contribution in [0.15, 0.2) is 0 Å². The van der Waals surface area contributed by atoms with E-state index in [2.05, 4.69) is 30.2 Å². The standard InChI is InChI=1S/C5H11NOS.CH3NOS.Se/c1-3-6(4-2)5(7)8;2-1(3)4;/h3-4H2,1-2H3,(H,7,8);(H3,2,3,4);. The van der Waals surface area contributed by atoms with Crippen molar-refractivity contribution in [2.24, 2.45) is 5.73 Å². The summed E-state index contributed by atoms with van der Waals surface area (Å²) in [7, 11) is 0. The van der Waals surface area contributed by atoms with Crippen LogP contribution in [0.4, 0.5) is 0 Å². The van der Waals surface area contributed by atoms with E-state index in [1.54, 1.807) is 4.90 Å². The zero-order valence-electron chi connectivity index (χ0n) is 7.56. The summed E-state index contributed by atoms with van der Waals surface area (Å²) in [4.78, 5) is 1.70. The predicted molar refractivity (Wildman–Crippen MR) is 63.3 cm³/mol. The monoisotopic (exact) mass is 290 g/mol. The van der Waals surface area contributed by atoms with Crippen molar-refractivity contribution in [3.8, 4) is 0 Å². The maximum atomic E-state index is 8.67. The van der Waals surface area contributed by atoms with Crippen LogP contribution in [-0.4, -0.2) is 55.6 Å². The van der Waals surface area contributed by atoms with E-state index in [0.717, 1.165) is 13.1 Å². The number of rotatable bonds is 2. The molecule has 0 amide bonds. The molecule has 78 valence electrons. The number of hydrogen-bond acceptors (Lipinski definition) is 2. The largest absolute Gasteiger partial charge is 0.487 e. The van der Waals surface area contributed by atoms with Crippen LogP contribution in [0, 0.1) is 0 Å². The molecule has 0 fully saturated rings. The van der Waals surface area contributed by atoms with Crippen molar-refractivity contribution in [1.82, 2.24) is 4.90 Å². The topological polar surface area (TPSA) is 69.7 Å². The van der Waals surface area contributed by atoms with Crippen LogP contribution >= 0.6 is 24.4 Å². The molecule has 0 spiro atoms. The SMILES string of the molecule is CCN(CC)C(O)=S.NC(O)=S.[Se]. The van der Waals surface area contributed by atoms with Gasteiger partial charge in [-0.25, -0.2) is 0 Å². The average molecular weight is 289 g/mol. The van der Waals surface area contributed by atoms with Gasteiger partial charge in [-0.15, -0.1) is 0 Å². The van der Waals surface area contributed by atoms with Crippen molar-refractivity contribution in [3.05, 3.63) is 0 Å². The first-order valence-electron chi connectivity index (χ1n) is 3.41. The van der Waals surface area contributed by atoms with Gasteiger partial charge in [-0.05, 0) is 38.3 Å². The number of nitrogens with two attached hydrogens (primary N) is 1. The van der Waals surface area contributed by atoms with Crippen LogP contribution in [0.5, 0.6) is 0 Å². The molecular weight excluding hydrogens is 275 g/mol. The minimum absolute atomic E-state index is 0. The Hall–Kier alpha value is -0.101. The Kier molecular flexibility index (Phi) is 17.1. The molecule has 4 N–H and O–H groups in total. The first kappa shape index (κ1) is 18.6. The molecule has 4 nitrogen and oxygen atoms in total. The van der Waals surface area contributed by atoms with Gasteiger partial charge in [0.2, 0.25) is 0 Å². The molecule has 0 heterocycles. The van der Waals surface area contributed by atoms with Gasteiger partial charge in [-0.2, -0.15) is 0 Å². The van der Waals surface area contributed by atoms with E-state index >= 15 is 0 Å². The summed E-state index contributed by atoms with van der Waals surface area (Å²) in [6, 6.07) is 0. The fourth-order valence-electron chi connectivity index (χ4n) is 0.494. The summed E-state index contributed by atoms with van der Waals surface area (Å²) in [5.41, 5.74) is 4.40. The van der Waals surface area contributed by atoms with Crippen molar-refractivity contribution in [1.29, 1.82) is 0 Å². The molecule has 0 rings (SSSR count). The van der Waals surface area contributed by atoms with Crippen LogP contribution in [0.25, 0.3) is 0 Å². The van der Waals surface area contributed by atoms with Gasteiger partial charge >= 0.3 is 0 Å². The summed E-state index contributed by atoms with van der Waals surface area (Å²) in [6.45, 7) is 5.47. The molecule has 2 radical (unpaired) electrons. The van der Waals surface area contributed by atoms with Gasteiger partial charge in [0.05, 0.1) is 0 Å². The maximum Gasteiger partial charge on any atom is 0.256 e. The molecule has 7 heteroatoms. The second kappa shape index (κ2) is 11.9. The number of aliphatic hydroxyl groups is 2. The van der Waals surface area contributed by atoms with Crippen molar-refractivity contribution >= 4 is 51.9 Å². The van der Waals surface area contributed by atoms with Crippen LogP contribution in [-0.2, 0) is 0 Å². The third kappa shape index (κ3) is 18.7. The summed E-state index contributed by atoms with van der Waals surface area (Å²) < 4.78 is 0. The van der Waals surface area contributed by atoms with E-state index in [1.807, 2.05) is 13.8 Å². The Morgan fingerprint density at radius 3 is 1.46 bits per heavy atom. The molecule has 0 atom stereocenters. The van der Waals surface area contributed by atoms with Crippen molar-refractivity contribution in [2.75, 3.05) is 13.1 Å². The van der Waals surface area contributed by atoms with Crippen LogP contribution in [0.2, 0.25) is 0 Å². The molecule has 13 heavy (non-hydrogen) atoms. The zero-order chi connectivity index (χ0) is 10.1. The Morgan fingerprint density at radius 2 is 1.46 bits per heavy atom. The number of nitrogens with zero attached hydrogens (tertiary/aromatic N) is 1. The van der Waals surface area contributed by atoms with Crippen molar-refractivity contribution < 1.29 is 10.2 Å². The summed E-state index contributed by atoms with van der Waals surface area (Å²) in [5.74, 6) is 0. The third-order valence-corrected chi connectivity index (χ3v) is 1.29. The number of aliphatic hydroxyl groups excluding tert-OH is 2. The fourth-order valence-corrected chi connectivity index (χ4v) is 0.752. The van der Waals surface area contributed by atoms with E-state index in [0.29, 0.717) is 0 Å². The Bertz CT molecular complexity index is 150. The molecular formula is C6H14N2O2S2Se. The summed E-state index contributed by atoms with van der Waals surface area (Å²) in [6.07, 6.45) is 0. The predicted octanol–water partition coefficient (Wildman–Crippen LogP) is 0.578. The molecule has 0 aliphatic heterocycles. The van der Waals surface area contributed by atoms with Crippen LogP contribution in [0.3, 0.4) is 0 Å². The number of hydrogen-bond donors (Lipinski definition) is 3. The van der Waals surface area contributed by atoms with E-state index < -0.39 is 5.17 Å². The Balaban J connectivity index is -0.000000173. The number of thiocarbonyl (C=S) groups is 2. The van der Waals surface area contributed by atoms with Crippen molar-refractivity contribution in [3.63, 3.8) is 0 Å². The fraction of sp³-hybridized carbons (Fsp3) is 0.667. The third-order valence-electron chi connectivity index (χ3n) is 1.03. The van der Waals surface area contributed by atoms with Gasteiger partial charge in [0.15, 0.2) is 0 Å². The first-order valence-corrected chi connectivity index (χ1v) is 4.23. The molecule has 0 bridgehead atoms. The molecule has 0 saturated heterocycles. The molecule has 0 aromatic heterocycles. The smallest absolute Gasteiger partial charge is 0.256 e. The summed E-state index contributed by atoms with van der Waals surface area (Å²) >= 11 is 8.37. The summed E-state index contributed by atoms with van der Waals surface area (Å²) in [5, 5.41) is 15.7. The van der Waals surface area contributed by atoms with E-state index in [-0.39, 0.29) is 22.2 Å². The van der Waals surface area contributed by atoms with Crippen LogP contribution < -0.4 is 5.73 Å². The Morgan fingerprint density at radius 1 is 1.23 bits per heavy atom. The quantitative estimate of drug-likeness (QED) is 0.510. The minimum atomic E-state index is -0.500.